The van der Waals surface area contributed by atoms with Crippen molar-refractivity contribution in [3.05, 3.63) is 45.4 Å². The number of carbonyl (C=O) groups excluding carboxylic acids is 1. The Morgan fingerprint density at radius 2 is 2.05 bits per heavy atom. The van der Waals surface area contributed by atoms with Crippen LogP contribution in [0.3, 0.4) is 0 Å². The number of carbonyl (C=O) groups is 1. The Morgan fingerprint density at radius 3 is 2.63 bits per heavy atom. The fourth-order valence-electron chi connectivity index (χ4n) is 1.58. The van der Waals surface area contributed by atoms with Gasteiger partial charge in [0.25, 0.3) is 5.91 Å². The van der Waals surface area contributed by atoms with Gasteiger partial charge in [0.1, 0.15) is 4.88 Å². The minimum atomic E-state index is -0.105. The van der Waals surface area contributed by atoms with Gasteiger partial charge >= 0.3 is 0 Å². The molecule has 0 saturated carbocycles. The smallest absolute Gasteiger partial charge is 0.263 e. The zero-order chi connectivity index (χ0) is 13.8. The second-order valence-electron chi connectivity index (χ2n) is 3.99. The number of aromatic nitrogens is 1. The van der Waals surface area contributed by atoms with Crippen molar-refractivity contribution in [1.29, 1.82) is 0 Å². The normalized spacial score (nSPS) is 10.3. The van der Waals surface area contributed by atoms with Crippen LogP contribution in [0.15, 0.2) is 24.3 Å². The first-order chi connectivity index (χ1) is 9.10. The molecule has 19 heavy (non-hydrogen) atoms. The summed E-state index contributed by atoms with van der Waals surface area (Å²) in [4.78, 5) is 16.9. The third-order valence-corrected chi connectivity index (χ3v) is 4.01. The number of nitrogens with one attached hydrogen (secondary N) is 2. The molecule has 0 unspecified atom stereocenters. The number of aryl methyl sites for hydroxylation is 1. The lowest BCUT2D eigenvalue weighted by atomic mass is 10.2. The van der Waals surface area contributed by atoms with Crippen LogP contribution >= 0.6 is 22.9 Å². The summed E-state index contributed by atoms with van der Waals surface area (Å²) < 4.78 is 0. The van der Waals surface area contributed by atoms with Gasteiger partial charge in [-0.3, -0.25) is 4.79 Å². The Hall–Kier alpha value is -1.59. The molecule has 0 bridgehead atoms. The Morgan fingerprint density at radius 1 is 1.37 bits per heavy atom. The number of rotatable bonds is 4. The van der Waals surface area contributed by atoms with Crippen LogP contribution in [0.2, 0.25) is 5.02 Å². The zero-order valence-corrected chi connectivity index (χ0v) is 12.2. The van der Waals surface area contributed by atoms with Crippen LogP contribution in [-0.2, 0) is 6.54 Å². The monoisotopic (exact) mass is 295 g/mol. The van der Waals surface area contributed by atoms with E-state index in [0.717, 1.165) is 16.4 Å². The molecule has 2 aromatic rings. The molecule has 0 spiro atoms. The van der Waals surface area contributed by atoms with Gasteiger partial charge in [0, 0.05) is 18.6 Å². The van der Waals surface area contributed by atoms with Gasteiger partial charge in [0.2, 0.25) is 0 Å². The molecule has 1 aromatic heterocycles. The molecular formula is C13H14ClN3OS. The second kappa shape index (κ2) is 6.04. The Balaban J connectivity index is 2.01. The number of benzene rings is 1. The highest BCUT2D eigenvalue weighted by molar-refractivity contribution is 7.17. The molecule has 1 aromatic carbocycles. The molecule has 1 amide bonds. The summed E-state index contributed by atoms with van der Waals surface area (Å²) >= 11 is 7.16. The van der Waals surface area contributed by atoms with Gasteiger partial charge in [0.15, 0.2) is 5.13 Å². The average Bonchev–Trinajstić information content (AvgIpc) is 2.79. The highest BCUT2D eigenvalue weighted by atomic mass is 35.5. The van der Waals surface area contributed by atoms with Gasteiger partial charge in [0.05, 0.1) is 5.69 Å². The first-order valence-electron chi connectivity index (χ1n) is 5.78. The first kappa shape index (κ1) is 13.8. The van der Waals surface area contributed by atoms with Crippen molar-refractivity contribution in [3.63, 3.8) is 0 Å². The molecular weight excluding hydrogens is 282 g/mol. The molecule has 0 aliphatic carbocycles. The van der Waals surface area contributed by atoms with E-state index in [1.165, 1.54) is 11.3 Å². The predicted octanol–water partition coefficient (Wildman–Crippen LogP) is 3.08. The molecule has 6 heteroatoms. The molecule has 4 nitrogen and oxygen atoms in total. The number of hydrogen-bond donors (Lipinski definition) is 2. The molecule has 0 aliphatic rings. The largest absolute Gasteiger partial charge is 0.365 e. The third kappa shape index (κ3) is 3.45. The van der Waals surface area contributed by atoms with Crippen LogP contribution < -0.4 is 10.6 Å². The fraction of sp³-hybridized carbons (Fsp3) is 0.231. The second-order valence-corrected chi connectivity index (χ2v) is 5.43. The molecule has 0 atom stereocenters. The van der Waals surface area contributed by atoms with E-state index < -0.39 is 0 Å². The van der Waals surface area contributed by atoms with Crippen LogP contribution in [0.25, 0.3) is 0 Å². The Labute approximate surface area is 120 Å². The van der Waals surface area contributed by atoms with E-state index in [4.69, 9.17) is 11.6 Å². The summed E-state index contributed by atoms with van der Waals surface area (Å²) in [6.07, 6.45) is 0. The summed E-state index contributed by atoms with van der Waals surface area (Å²) in [7, 11) is 1.79. The van der Waals surface area contributed by atoms with Crippen LogP contribution in [0, 0.1) is 6.92 Å². The highest BCUT2D eigenvalue weighted by Crippen LogP contribution is 2.21. The predicted molar refractivity (Wildman–Crippen MR) is 79.0 cm³/mol. The number of halogens is 1. The lowest BCUT2D eigenvalue weighted by Gasteiger charge is -2.04. The molecule has 2 N–H and O–H groups in total. The molecule has 0 saturated heterocycles. The van der Waals surface area contributed by atoms with E-state index in [0.29, 0.717) is 16.4 Å². The van der Waals surface area contributed by atoms with Gasteiger partial charge in [-0.2, -0.15) is 0 Å². The quantitative estimate of drug-likeness (QED) is 0.911. The minimum absolute atomic E-state index is 0.105. The maximum absolute atomic E-state index is 12.0. The molecule has 0 radical (unpaired) electrons. The van der Waals surface area contributed by atoms with Crippen molar-refractivity contribution in [2.75, 3.05) is 12.4 Å². The lowest BCUT2D eigenvalue weighted by molar-refractivity contribution is 0.0954. The topological polar surface area (TPSA) is 54.0 Å². The Kier molecular flexibility index (Phi) is 4.39. The standard InChI is InChI=1S/C13H14ClN3OS/c1-8-11(19-13(15-2)17-8)12(18)16-7-9-3-5-10(14)6-4-9/h3-6H,7H2,1-2H3,(H,15,17)(H,16,18). The van der Waals surface area contributed by atoms with E-state index in [9.17, 15) is 4.79 Å². The molecule has 0 aliphatic heterocycles. The summed E-state index contributed by atoms with van der Waals surface area (Å²) in [5, 5.41) is 7.24. The minimum Gasteiger partial charge on any atom is -0.365 e. The van der Waals surface area contributed by atoms with Crippen LogP contribution in [-0.4, -0.2) is 17.9 Å². The summed E-state index contributed by atoms with van der Waals surface area (Å²) in [6.45, 7) is 2.30. The first-order valence-corrected chi connectivity index (χ1v) is 6.97. The van der Waals surface area contributed by atoms with Crippen molar-refractivity contribution in [2.45, 2.75) is 13.5 Å². The maximum atomic E-state index is 12.0. The van der Waals surface area contributed by atoms with Crippen molar-refractivity contribution >= 4 is 34.0 Å². The number of hydrogen-bond acceptors (Lipinski definition) is 4. The van der Waals surface area contributed by atoms with E-state index in [-0.39, 0.29) is 5.91 Å². The van der Waals surface area contributed by atoms with E-state index in [1.807, 2.05) is 19.1 Å². The Bertz CT molecular complexity index is 580. The molecule has 2 rings (SSSR count). The number of thiazole rings is 1. The molecule has 100 valence electrons. The summed E-state index contributed by atoms with van der Waals surface area (Å²) in [6, 6.07) is 7.39. The van der Waals surface area contributed by atoms with E-state index in [1.54, 1.807) is 19.2 Å². The van der Waals surface area contributed by atoms with E-state index in [2.05, 4.69) is 15.6 Å². The van der Waals surface area contributed by atoms with Gasteiger partial charge in [-0.25, -0.2) is 4.98 Å². The maximum Gasteiger partial charge on any atom is 0.263 e. The van der Waals surface area contributed by atoms with Crippen molar-refractivity contribution in [2.24, 2.45) is 0 Å². The lowest BCUT2D eigenvalue weighted by Crippen LogP contribution is -2.22. The van der Waals surface area contributed by atoms with Crippen LogP contribution in [0.1, 0.15) is 20.9 Å². The van der Waals surface area contributed by atoms with Crippen LogP contribution in [0.4, 0.5) is 5.13 Å². The fourth-order valence-corrected chi connectivity index (χ4v) is 2.54. The van der Waals surface area contributed by atoms with E-state index >= 15 is 0 Å². The van der Waals surface area contributed by atoms with Gasteiger partial charge < -0.3 is 10.6 Å². The SMILES string of the molecule is CNc1nc(C)c(C(=O)NCc2ccc(Cl)cc2)s1. The number of nitrogens with zero attached hydrogens (tertiary/aromatic N) is 1. The molecule has 0 fully saturated rings. The van der Waals surface area contributed by atoms with Gasteiger partial charge in [-0.05, 0) is 24.6 Å². The van der Waals surface area contributed by atoms with Crippen molar-refractivity contribution < 1.29 is 4.79 Å². The van der Waals surface area contributed by atoms with Gasteiger partial charge in [-0.15, -0.1) is 0 Å². The summed E-state index contributed by atoms with van der Waals surface area (Å²) in [5.41, 5.74) is 1.75. The number of anilines is 1. The number of amides is 1. The van der Waals surface area contributed by atoms with Crippen molar-refractivity contribution in [3.8, 4) is 0 Å². The van der Waals surface area contributed by atoms with Gasteiger partial charge in [-0.1, -0.05) is 35.1 Å². The van der Waals surface area contributed by atoms with Crippen LogP contribution in [0.5, 0.6) is 0 Å². The third-order valence-electron chi connectivity index (χ3n) is 2.58. The zero-order valence-electron chi connectivity index (χ0n) is 10.7. The molecule has 1 heterocycles. The highest BCUT2D eigenvalue weighted by Gasteiger charge is 2.14. The van der Waals surface area contributed by atoms with Crippen molar-refractivity contribution in [1.82, 2.24) is 10.3 Å². The average molecular weight is 296 g/mol. The summed E-state index contributed by atoms with van der Waals surface area (Å²) in [5.74, 6) is -0.105.